The van der Waals surface area contributed by atoms with Crippen molar-refractivity contribution in [3.05, 3.63) is 95.1 Å². The van der Waals surface area contributed by atoms with E-state index in [1.165, 1.54) is 4.90 Å². The number of nitrogens with zero attached hydrogens (tertiary/aromatic N) is 1. The van der Waals surface area contributed by atoms with Crippen LogP contribution in [0.25, 0.3) is 5.76 Å². The Labute approximate surface area is 218 Å². The van der Waals surface area contributed by atoms with Crippen molar-refractivity contribution >= 4 is 23.1 Å². The molecule has 1 fully saturated rings. The molecule has 1 saturated heterocycles. The molecule has 1 heterocycles. The molecule has 3 aromatic rings. The molecule has 4 rings (SSSR count). The number of aliphatic hydroxyl groups is 1. The maximum absolute atomic E-state index is 13.4. The monoisotopic (exact) mass is 499 g/mol. The van der Waals surface area contributed by atoms with Crippen molar-refractivity contribution in [2.45, 2.75) is 52.7 Å². The maximum atomic E-state index is 13.4. The zero-order valence-electron chi connectivity index (χ0n) is 21.9. The number of ether oxygens (including phenoxy) is 2. The van der Waals surface area contributed by atoms with E-state index in [-0.39, 0.29) is 17.4 Å². The van der Waals surface area contributed by atoms with Crippen LogP contribution in [-0.4, -0.2) is 29.5 Å². The van der Waals surface area contributed by atoms with E-state index in [9.17, 15) is 14.7 Å². The molecule has 1 amide bonds. The summed E-state index contributed by atoms with van der Waals surface area (Å²) in [4.78, 5) is 28.2. The molecular formula is C31H33NO5. The van der Waals surface area contributed by atoms with Crippen LogP contribution in [0.5, 0.6) is 11.5 Å². The van der Waals surface area contributed by atoms with Crippen molar-refractivity contribution in [3.8, 4) is 11.5 Å². The van der Waals surface area contributed by atoms with Crippen molar-refractivity contribution in [2.75, 3.05) is 11.5 Å². The van der Waals surface area contributed by atoms with Gasteiger partial charge in [-0.1, -0.05) is 38.1 Å². The highest BCUT2D eigenvalue weighted by atomic mass is 16.5. The molecule has 6 nitrogen and oxygen atoms in total. The lowest BCUT2D eigenvalue weighted by Gasteiger charge is -2.26. The maximum Gasteiger partial charge on any atom is 0.300 e. The third kappa shape index (κ3) is 5.38. The van der Waals surface area contributed by atoms with Crippen LogP contribution in [0.15, 0.2) is 78.4 Å². The van der Waals surface area contributed by atoms with Gasteiger partial charge in [-0.3, -0.25) is 14.5 Å². The molecule has 0 bridgehead atoms. The van der Waals surface area contributed by atoms with Gasteiger partial charge in [-0.25, -0.2) is 0 Å². The number of rotatable bonds is 8. The van der Waals surface area contributed by atoms with E-state index in [1.54, 1.807) is 48.5 Å². The van der Waals surface area contributed by atoms with Gasteiger partial charge in [0.05, 0.1) is 24.3 Å². The minimum absolute atomic E-state index is 0.00713. The Balaban J connectivity index is 1.83. The predicted molar refractivity (Wildman–Crippen MR) is 145 cm³/mol. The predicted octanol–water partition coefficient (Wildman–Crippen LogP) is 6.62. The van der Waals surface area contributed by atoms with Gasteiger partial charge < -0.3 is 14.6 Å². The van der Waals surface area contributed by atoms with Gasteiger partial charge in [0.25, 0.3) is 11.7 Å². The Morgan fingerprint density at radius 1 is 0.865 bits per heavy atom. The number of carbonyl (C=O) groups excluding carboxylic acids is 2. The molecule has 1 atom stereocenters. The molecule has 6 heteroatoms. The fourth-order valence-corrected chi connectivity index (χ4v) is 4.47. The van der Waals surface area contributed by atoms with Crippen LogP contribution in [0.2, 0.25) is 0 Å². The molecule has 0 aliphatic carbocycles. The summed E-state index contributed by atoms with van der Waals surface area (Å²) in [5.41, 5.74) is 2.91. The number of aliphatic hydroxyl groups excluding tert-OH is 1. The summed E-state index contributed by atoms with van der Waals surface area (Å²) >= 11 is 0. The van der Waals surface area contributed by atoms with E-state index in [2.05, 4.69) is 13.8 Å². The molecule has 3 aromatic carbocycles. The first-order valence-corrected chi connectivity index (χ1v) is 12.6. The minimum atomic E-state index is -0.786. The van der Waals surface area contributed by atoms with Crippen LogP contribution in [0.4, 0.5) is 5.69 Å². The van der Waals surface area contributed by atoms with E-state index in [0.29, 0.717) is 35.3 Å². The molecule has 0 aromatic heterocycles. The van der Waals surface area contributed by atoms with E-state index < -0.39 is 17.7 Å². The summed E-state index contributed by atoms with van der Waals surface area (Å²) < 4.78 is 11.2. The number of hydrogen-bond acceptors (Lipinski definition) is 5. The molecule has 1 aliphatic rings. The van der Waals surface area contributed by atoms with Crippen molar-refractivity contribution < 1.29 is 24.2 Å². The number of carbonyl (C=O) groups is 2. The highest BCUT2D eigenvalue weighted by molar-refractivity contribution is 6.51. The third-order valence-corrected chi connectivity index (χ3v) is 6.29. The van der Waals surface area contributed by atoms with E-state index in [4.69, 9.17) is 9.47 Å². The normalized spacial score (nSPS) is 17.1. The Kier molecular flexibility index (Phi) is 7.67. The average molecular weight is 500 g/mol. The molecule has 0 spiro atoms. The van der Waals surface area contributed by atoms with Crippen molar-refractivity contribution in [1.82, 2.24) is 0 Å². The lowest BCUT2D eigenvalue weighted by molar-refractivity contribution is -0.132. The fraction of sp³-hybridized carbons (Fsp3) is 0.290. The van der Waals surface area contributed by atoms with E-state index in [0.717, 1.165) is 11.1 Å². The van der Waals surface area contributed by atoms with Crippen LogP contribution >= 0.6 is 0 Å². The molecule has 192 valence electrons. The number of anilines is 1. The number of Topliss-reactive ketones (excluding diaryl/α,β-unsaturated/α-hetero) is 1. The number of amides is 1. The molecule has 1 N–H and O–H groups in total. The van der Waals surface area contributed by atoms with Crippen molar-refractivity contribution in [3.63, 3.8) is 0 Å². The summed E-state index contributed by atoms with van der Waals surface area (Å²) in [5, 5.41) is 11.4. The Hall–Kier alpha value is -4.06. The second kappa shape index (κ2) is 10.9. The molecule has 1 aliphatic heterocycles. The molecule has 1 unspecified atom stereocenters. The number of ketones is 1. The highest BCUT2D eigenvalue weighted by Crippen LogP contribution is 2.42. The third-order valence-electron chi connectivity index (χ3n) is 6.29. The quantitative estimate of drug-likeness (QED) is 0.214. The molecular weight excluding hydrogens is 466 g/mol. The Bertz CT molecular complexity index is 1290. The Morgan fingerprint density at radius 3 is 2.00 bits per heavy atom. The second-order valence-corrected chi connectivity index (χ2v) is 9.61. The summed E-state index contributed by atoms with van der Waals surface area (Å²) in [7, 11) is 0. The summed E-state index contributed by atoms with van der Waals surface area (Å²) in [6.07, 6.45) is 0.00713. The first kappa shape index (κ1) is 26.0. The fourth-order valence-electron chi connectivity index (χ4n) is 4.47. The topological polar surface area (TPSA) is 76.1 Å². The zero-order valence-corrected chi connectivity index (χ0v) is 21.9. The zero-order chi connectivity index (χ0) is 26.7. The van der Waals surface area contributed by atoms with Gasteiger partial charge in [-0.2, -0.15) is 0 Å². The van der Waals surface area contributed by atoms with Crippen LogP contribution in [0, 0.1) is 0 Å². The SMILES string of the molecule is CCOc1ccc(N2C(=O)C(=O)/C(=C(\O)c3ccc(OC(C)C)cc3)C2c2ccc(C(C)C)cc2)cc1. The highest BCUT2D eigenvalue weighted by Gasteiger charge is 2.47. The van der Waals surface area contributed by atoms with Gasteiger partial charge in [0.15, 0.2) is 0 Å². The second-order valence-electron chi connectivity index (χ2n) is 9.61. The van der Waals surface area contributed by atoms with Crippen LogP contribution in [0.1, 0.15) is 63.3 Å². The first-order chi connectivity index (χ1) is 17.7. The van der Waals surface area contributed by atoms with Crippen LogP contribution in [-0.2, 0) is 9.59 Å². The van der Waals surface area contributed by atoms with E-state index in [1.807, 2.05) is 45.0 Å². The van der Waals surface area contributed by atoms with Gasteiger partial charge in [0, 0.05) is 11.3 Å². The van der Waals surface area contributed by atoms with Gasteiger partial charge in [0.2, 0.25) is 0 Å². The molecule has 37 heavy (non-hydrogen) atoms. The standard InChI is InChI=1S/C31H33NO5/c1-6-36-25-17-13-24(14-18-25)32-28(22-9-7-21(8-10-22)19(2)3)27(30(34)31(32)35)29(33)23-11-15-26(16-12-23)37-20(4)5/h7-20,28,33H,6H2,1-5H3/b29-27-. The van der Waals surface area contributed by atoms with Crippen molar-refractivity contribution in [1.29, 1.82) is 0 Å². The molecule has 0 saturated carbocycles. The smallest absolute Gasteiger partial charge is 0.300 e. The Morgan fingerprint density at radius 2 is 1.46 bits per heavy atom. The lowest BCUT2D eigenvalue weighted by Crippen LogP contribution is -2.29. The van der Waals surface area contributed by atoms with Crippen LogP contribution in [0.3, 0.4) is 0 Å². The molecule has 0 radical (unpaired) electrons. The van der Waals surface area contributed by atoms with Gasteiger partial charge in [0.1, 0.15) is 17.3 Å². The summed E-state index contributed by atoms with van der Waals surface area (Å²) in [6, 6.07) is 20.9. The number of hydrogen-bond donors (Lipinski definition) is 1. The van der Waals surface area contributed by atoms with E-state index >= 15 is 0 Å². The van der Waals surface area contributed by atoms with Gasteiger partial charge in [-0.15, -0.1) is 0 Å². The van der Waals surface area contributed by atoms with Gasteiger partial charge >= 0.3 is 0 Å². The van der Waals surface area contributed by atoms with Gasteiger partial charge in [-0.05, 0) is 86.3 Å². The first-order valence-electron chi connectivity index (χ1n) is 12.6. The largest absolute Gasteiger partial charge is 0.507 e. The van der Waals surface area contributed by atoms with Crippen molar-refractivity contribution in [2.24, 2.45) is 0 Å². The lowest BCUT2D eigenvalue weighted by atomic mass is 9.93. The van der Waals surface area contributed by atoms with Crippen LogP contribution < -0.4 is 14.4 Å². The summed E-state index contributed by atoms with van der Waals surface area (Å²) in [6.45, 7) is 10.5. The average Bonchev–Trinajstić information content (AvgIpc) is 3.14. The number of benzene rings is 3. The minimum Gasteiger partial charge on any atom is -0.507 e. The summed E-state index contributed by atoms with van der Waals surface area (Å²) in [5.74, 6) is 0.0146.